The highest BCUT2D eigenvalue weighted by molar-refractivity contribution is 8.45. The number of nitrogens with zero attached hydrogens (tertiary/aromatic N) is 3. The zero-order valence-electron chi connectivity index (χ0n) is 21.0. The first-order chi connectivity index (χ1) is 18.9. The van der Waals surface area contributed by atoms with Crippen LogP contribution in [0.1, 0.15) is 29.7 Å². The van der Waals surface area contributed by atoms with Gasteiger partial charge in [0.25, 0.3) is 0 Å². The van der Waals surface area contributed by atoms with Gasteiger partial charge in [-0.3, -0.25) is 10.1 Å². The van der Waals surface area contributed by atoms with Crippen LogP contribution in [0, 0.1) is 11.3 Å². The van der Waals surface area contributed by atoms with Crippen molar-refractivity contribution >= 4 is 63.1 Å². The number of carbonyl (C=O) groups is 2. The maximum Gasteiger partial charge on any atom is 0.413 e. The molecule has 1 heterocycles. The van der Waals surface area contributed by atoms with Gasteiger partial charge >= 0.3 is 22.3 Å². The van der Waals surface area contributed by atoms with E-state index >= 15 is 0 Å². The molecule has 0 spiro atoms. The molecule has 3 aromatic rings. The van der Waals surface area contributed by atoms with E-state index in [4.69, 9.17) is 32.7 Å². The molecule has 0 atom stereocenters. The van der Waals surface area contributed by atoms with E-state index in [0.29, 0.717) is 10.2 Å². The van der Waals surface area contributed by atoms with Crippen molar-refractivity contribution in [3.8, 4) is 11.8 Å². The number of carbonyl (C=O) groups excluding carboxylic acids is 2. The molecule has 1 saturated carbocycles. The van der Waals surface area contributed by atoms with Crippen LogP contribution in [0.2, 0.25) is 10.0 Å². The quantitative estimate of drug-likeness (QED) is 0.147. The number of methoxy groups -OCH3 is 1. The highest BCUT2D eigenvalue weighted by atomic mass is 35.5. The van der Waals surface area contributed by atoms with Gasteiger partial charge in [0, 0.05) is 4.90 Å². The second-order valence-electron chi connectivity index (χ2n) is 8.92. The van der Waals surface area contributed by atoms with Gasteiger partial charge in [0.1, 0.15) is 29.1 Å². The van der Waals surface area contributed by atoms with Crippen LogP contribution in [0.4, 0.5) is 30.0 Å². The Labute approximate surface area is 244 Å². The lowest BCUT2D eigenvalue weighted by atomic mass is 9.95. The van der Waals surface area contributed by atoms with Crippen LogP contribution in [0.25, 0.3) is 5.69 Å². The molecule has 2 aromatic carbocycles. The number of thioether (sulfide) groups is 1. The Morgan fingerprint density at radius 2 is 1.73 bits per heavy atom. The molecule has 8 nitrogen and oxygen atoms in total. The zero-order chi connectivity index (χ0) is 30.4. The van der Waals surface area contributed by atoms with Crippen molar-refractivity contribution in [2.75, 3.05) is 18.7 Å². The molecule has 0 unspecified atom stereocenters. The number of nitriles is 1. The molecular formula is C24H19Cl2F5N4O4S2. The molecule has 0 saturated heterocycles. The van der Waals surface area contributed by atoms with Crippen LogP contribution in [0.5, 0.6) is 0 Å². The van der Waals surface area contributed by atoms with Crippen molar-refractivity contribution in [1.82, 2.24) is 9.78 Å². The molecule has 1 amide bonds. The number of esters is 1. The molecule has 17 heteroatoms. The minimum absolute atomic E-state index is 0.0364. The third kappa shape index (κ3) is 6.20. The number of halogens is 7. The van der Waals surface area contributed by atoms with Gasteiger partial charge in [-0.05, 0) is 48.9 Å². The SMILES string of the molecule is COC(=O)C1(c2c(C#N)nn(-c3c(Cl)cc(S(F)(F)(F)(F)F)cc3Cl)c2NC(=O)OCc2ccc(SC)cc2)CC1. The maximum atomic E-state index is 13.5. The number of amides is 1. The van der Waals surface area contributed by atoms with E-state index < -0.39 is 59.8 Å². The summed E-state index contributed by atoms with van der Waals surface area (Å²) in [5, 5.41) is 14.3. The van der Waals surface area contributed by atoms with Crippen LogP contribution >= 0.6 is 45.2 Å². The summed E-state index contributed by atoms with van der Waals surface area (Å²) in [6, 6.07) is 8.75. The number of ether oxygens (including phenoxy) is 2. The number of nitrogens with one attached hydrogen (secondary N) is 1. The summed E-state index contributed by atoms with van der Waals surface area (Å²) in [5.41, 5.74) is -1.92. The first-order valence-electron chi connectivity index (χ1n) is 11.4. The van der Waals surface area contributed by atoms with Crippen LogP contribution in [-0.2, 0) is 26.3 Å². The lowest BCUT2D eigenvalue weighted by molar-refractivity contribution is -0.143. The third-order valence-corrected chi connectivity index (χ3v) is 8.64. The minimum atomic E-state index is -10.2. The fourth-order valence-electron chi connectivity index (χ4n) is 4.07. The summed E-state index contributed by atoms with van der Waals surface area (Å²) >= 11 is 13.5. The van der Waals surface area contributed by atoms with Crippen molar-refractivity contribution in [2.45, 2.75) is 34.7 Å². The molecule has 0 aliphatic heterocycles. The van der Waals surface area contributed by atoms with Gasteiger partial charge in [0.05, 0.1) is 28.1 Å². The fraction of sp³-hybridized carbons (Fsp3) is 0.250. The van der Waals surface area contributed by atoms with Gasteiger partial charge in [0.15, 0.2) is 5.69 Å². The average Bonchev–Trinajstić information content (AvgIpc) is 3.62. The summed E-state index contributed by atoms with van der Waals surface area (Å²) in [6.45, 7) is -0.197. The van der Waals surface area contributed by atoms with E-state index in [1.165, 1.54) is 11.8 Å². The Morgan fingerprint density at radius 1 is 1.15 bits per heavy atom. The van der Waals surface area contributed by atoms with Crippen molar-refractivity contribution in [3.63, 3.8) is 0 Å². The number of aromatic nitrogens is 2. The Bertz CT molecular complexity index is 1580. The highest BCUT2D eigenvalue weighted by Crippen LogP contribution is 3.02. The lowest BCUT2D eigenvalue weighted by Gasteiger charge is -2.40. The van der Waals surface area contributed by atoms with Gasteiger partial charge in [-0.25, -0.2) is 9.48 Å². The zero-order valence-corrected chi connectivity index (χ0v) is 24.2. The normalized spacial score (nSPS) is 15.7. The standard InChI is InChI=1S/C24H19Cl2F5N4O4S2/c1-38-22(36)24(7-8-24)19-18(11-32)34-35(20-16(25)9-15(10-17(20)26)41(27,28,29,30)31)21(19)33-23(37)39-12-13-3-5-14(40-2)6-4-13/h3-6,9-10H,7-8,12H2,1-2H3,(H,33,37). The smallest absolute Gasteiger partial charge is 0.413 e. The summed E-state index contributed by atoms with van der Waals surface area (Å²) in [6.07, 6.45) is 1.15. The molecule has 0 bridgehead atoms. The number of hydrogen-bond donors (Lipinski definition) is 1. The maximum absolute atomic E-state index is 13.5. The van der Waals surface area contributed by atoms with Gasteiger partial charge < -0.3 is 9.47 Å². The topological polar surface area (TPSA) is 106 Å². The molecule has 0 radical (unpaired) electrons. The summed E-state index contributed by atoms with van der Waals surface area (Å²) < 4.78 is 78.2. The summed E-state index contributed by atoms with van der Waals surface area (Å²) in [4.78, 5) is 24.2. The second-order valence-corrected chi connectivity index (χ2v) is 13.0. The summed E-state index contributed by atoms with van der Waals surface area (Å²) in [7, 11) is -9.08. The van der Waals surface area contributed by atoms with Gasteiger partial charge in [-0.15, -0.1) is 11.8 Å². The van der Waals surface area contributed by atoms with E-state index in [2.05, 4.69) is 10.4 Å². The monoisotopic (exact) mass is 656 g/mol. The molecule has 4 rings (SSSR count). The van der Waals surface area contributed by atoms with Crippen molar-refractivity contribution in [2.24, 2.45) is 0 Å². The van der Waals surface area contributed by atoms with Gasteiger partial charge in [0.2, 0.25) is 0 Å². The molecule has 1 aromatic heterocycles. The summed E-state index contributed by atoms with van der Waals surface area (Å²) in [5.74, 6) is -1.16. The fourth-order valence-corrected chi connectivity index (χ4v) is 5.94. The van der Waals surface area contributed by atoms with Crippen LogP contribution < -0.4 is 5.32 Å². The predicted molar refractivity (Wildman–Crippen MR) is 145 cm³/mol. The van der Waals surface area contributed by atoms with Crippen molar-refractivity contribution in [1.29, 1.82) is 5.26 Å². The largest absolute Gasteiger partial charge is 0.468 e. The number of hydrogen-bond acceptors (Lipinski definition) is 7. The van der Waals surface area contributed by atoms with Crippen LogP contribution in [-0.4, -0.2) is 35.2 Å². The second kappa shape index (κ2) is 9.97. The van der Waals surface area contributed by atoms with Gasteiger partial charge in [-0.1, -0.05) is 54.8 Å². The van der Waals surface area contributed by atoms with E-state index in [-0.39, 0.29) is 37.1 Å². The molecule has 1 N–H and O–H groups in total. The Hall–Kier alpha value is -3.19. The third-order valence-electron chi connectivity index (χ3n) is 6.19. The molecule has 1 aliphatic carbocycles. The van der Waals surface area contributed by atoms with E-state index in [1.54, 1.807) is 30.3 Å². The number of benzene rings is 2. The van der Waals surface area contributed by atoms with E-state index in [0.717, 1.165) is 12.0 Å². The molecular weight excluding hydrogens is 638 g/mol. The molecule has 41 heavy (non-hydrogen) atoms. The minimum Gasteiger partial charge on any atom is -0.468 e. The Balaban J connectivity index is 1.82. The Kier molecular flexibility index (Phi) is 7.48. The average molecular weight is 657 g/mol. The van der Waals surface area contributed by atoms with Crippen molar-refractivity contribution in [3.05, 3.63) is 63.3 Å². The molecule has 220 valence electrons. The van der Waals surface area contributed by atoms with E-state index in [9.17, 15) is 34.3 Å². The van der Waals surface area contributed by atoms with Crippen LogP contribution in [0.15, 0.2) is 46.2 Å². The van der Waals surface area contributed by atoms with Gasteiger partial charge in [-0.2, -0.15) is 10.4 Å². The molecule has 1 aliphatic rings. The first-order valence-corrected chi connectivity index (χ1v) is 15.3. The van der Waals surface area contributed by atoms with Crippen molar-refractivity contribution < 1.29 is 38.5 Å². The number of rotatable bonds is 8. The highest BCUT2D eigenvalue weighted by Gasteiger charge is 2.66. The predicted octanol–water partition coefficient (Wildman–Crippen LogP) is 8.38. The lowest BCUT2D eigenvalue weighted by Crippen LogP contribution is -2.25. The van der Waals surface area contributed by atoms with Crippen LogP contribution in [0.3, 0.4) is 0 Å². The number of anilines is 1. The molecule has 1 fully saturated rings. The van der Waals surface area contributed by atoms with E-state index in [1.807, 2.05) is 6.26 Å². The Morgan fingerprint density at radius 3 is 2.20 bits per heavy atom. The first kappa shape index (κ1) is 30.8.